The number of likely N-dealkylation sites (tertiary alicyclic amines) is 2. The van der Waals surface area contributed by atoms with Gasteiger partial charge in [-0.05, 0) is 52.0 Å². The van der Waals surface area contributed by atoms with Crippen LogP contribution < -0.4 is 0 Å². The Kier molecular flexibility index (Phi) is 5.22. The number of aliphatic hydroxyl groups excluding tert-OH is 1. The van der Waals surface area contributed by atoms with Gasteiger partial charge in [-0.15, -0.1) is 0 Å². The van der Waals surface area contributed by atoms with Crippen LogP contribution in [0, 0.1) is 5.92 Å². The Hall–Kier alpha value is -0.610. The van der Waals surface area contributed by atoms with E-state index >= 15 is 0 Å². The van der Waals surface area contributed by atoms with Crippen molar-refractivity contribution in [3.8, 4) is 0 Å². The Bertz CT molecular complexity index is 307. The largest absolute Gasteiger partial charge is 0.396 e. The minimum atomic E-state index is 0.0752. The molecule has 19 heavy (non-hydrogen) atoms. The maximum Gasteiger partial charge on any atom is 0.239 e. The van der Waals surface area contributed by atoms with Crippen LogP contribution in [0.15, 0.2) is 0 Å². The molecule has 0 aromatic rings. The van der Waals surface area contributed by atoms with Crippen molar-refractivity contribution in [1.29, 1.82) is 0 Å². The lowest BCUT2D eigenvalue weighted by Gasteiger charge is -2.41. The molecule has 0 saturated carbocycles. The molecule has 1 N–H and O–H groups in total. The van der Waals surface area contributed by atoms with Crippen molar-refractivity contribution in [3.05, 3.63) is 0 Å². The average molecular weight is 268 g/mol. The van der Waals surface area contributed by atoms with Gasteiger partial charge in [0.05, 0.1) is 6.04 Å². The molecule has 0 aliphatic carbocycles. The van der Waals surface area contributed by atoms with Crippen LogP contribution in [0.4, 0.5) is 0 Å². The number of hydrogen-bond donors (Lipinski definition) is 1. The lowest BCUT2D eigenvalue weighted by Crippen LogP contribution is -2.55. The van der Waals surface area contributed by atoms with Crippen molar-refractivity contribution in [2.24, 2.45) is 5.92 Å². The summed E-state index contributed by atoms with van der Waals surface area (Å²) < 4.78 is 0. The Morgan fingerprint density at radius 3 is 2.68 bits per heavy atom. The second kappa shape index (κ2) is 6.71. The number of carbonyl (C=O) groups excluding carboxylic acids is 1. The molecule has 2 rings (SSSR count). The summed E-state index contributed by atoms with van der Waals surface area (Å²) in [6.45, 7) is 7.24. The fourth-order valence-corrected chi connectivity index (χ4v) is 3.46. The molecule has 2 saturated heterocycles. The number of carbonyl (C=O) groups is 1. The number of rotatable bonds is 3. The van der Waals surface area contributed by atoms with Gasteiger partial charge >= 0.3 is 0 Å². The highest BCUT2D eigenvalue weighted by molar-refractivity contribution is 5.82. The fraction of sp³-hybridized carbons (Fsp3) is 0.933. The van der Waals surface area contributed by atoms with Crippen LogP contribution >= 0.6 is 0 Å². The van der Waals surface area contributed by atoms with Crippen molar-refractivity contribution in [3.63, 3.8) is 0 Å². The van der Waals surface area contributed by atoms with Crippen molar-refractivity contribution in [1.82, 2.24) is 9.80 Å². The first-order valence-electron chi connectivity index (χ1n) is 7.79. The van der Waals surface area contributed by atoms with Gasteiger partial charge in [0.25, 0.3) is 0 Å². The molecule has 4 heteroatoms. The van der Waals surface area contributed by atoms with E-state index in [2.05, 4.69) is 18.7 Å². The van der Waals surface area contributed by atoms with Crippen LogP contribution in [-0.2, 0) is 4.79 Å². The Morgan fingerprint density at radius 1 is 1.21 bits per heavy atom. The van der Waals surface area contributed by atoms with Crippen molar-refractivity contribution in [2.75, 3.05) is 26.2 Å². The maximum atomic E-state index is 12.7. The predicted molar refractivity (Wildman–Crippen MR) is 75.9 cm³/mol. The molecule has 2 fully saturated rings. The molecule has 0 bridgehead atoms. The van der Waals surface area contributed by atoms with Gasteiger partial charge in [0.2, 0.25) is 5.91 Å². The van der Waals surface area contributed by atoms with Crippen molar-refractivity contribution >= 4 is 5.91 Å². The Morgan fingerprint density at radius 2 is 2.00 bits per heavy atom. The summed E-state index contributed by atoms with van der Waals surface area (Å²) in [5.74, 6) is 0.584. The number of amides is 1. The van der Waals surface area contributed by atoms with Gasteiger partial charge in [0.15, 0.2) is 0 Å². The lowest BCUT2D eigenvalue weighted by atomic mass is 9.95. The second-order valence-corrected chi connectivity index (χ2v) is 6.32. The topological polar surface area (TPSA) is 43.8 Å². The zero-order valence-electron chi connectivity index (χ0n) is 12.3. The molecular weight excluding hydrogens is 240 g/mol. The highest BCUT2D eigenvalue weighted by Crippen LogP contribution is 2.24. The molecular formula is C15H28N2O2. The summed E-state index contributed by atoms with van der Waals surface area (Å²) in [6.07, 6.45) is 5.46. The Balaban J connectivity index is 2.00. The molecule has 0 aromatic carbocycles. The number of piperidine rings is 2. The van der Waals surface area contributed by atoms with Gasteiger partial charge in [-0.2, -0.15) is 0 Å². The van der Waals surface area contributed by atoms with Crippen LogP contribution in [0.1, 0.15) is 46.0 Å². The van der Waals surface area contributed by atoms with Crippen molar-refractivity contribution in [2.45, 2.75) is 58.0 Å². The summed E-state index contributed by atoms with van der Waals surface area (Å²) >= 11 is 0. The van der Waals surface area contributed by atoms with E-state index in [1.807, 2.05) is 4.90 Å². The maximum absolute atomic E-state index is 12.7. The van der Waals surface area contributed by atoms with E-state index < -0.39 is 0 Å². The van der Waals surface area contributed by atoms with E-state index in [0.717, 1.165) is 45.3 Å². The summed E-state index contributed by atoms with van der Waals surface area (Å²) in [5, 5.41) is 9.29. The van der Waals surface area contributed by atoms with E-state index in [0.29, 0.717) is 11.9 Å². The molecule has 4 nitrogen and oxygen atoms in total. The molecule has 2 unspecified atom stereocenters. The van der Waals surface area contributed by atoms with Gasteiger partial charge in [0.1, 0.15) is 0 Å². The third kappa shape index (κ3) is 3.48. The summed E-state index contributed by atoms with van der Waals surface area (Å²) in [4.78, 5) is 17.1. The van der Waals surface area contributed by atoms with Gasteiger partial charge in [-0.3, -0.25) is 9.69 Å². The normalized spacial score (nSPS) is 29.8. The van der Waals surface area contributed by atoms with Crippen LogP contribution in [0.2, 0.25) is 0 Å². The monoisotopic (exact) mass is 268 g/mol. The molecule has 0 aromatic heterocycles. The Labute approximate surface area is 116 Å². The molecule has 0 radical (unpaired) electrons. The summed E-state index contributed by atoms with van der Waals surface area (Å²) in [7, 11) is 0. The minimum absolute atomic E-state index is 0.0752. The van der Waals surface area contributed by atoms with Gasteiger partial charge in [-0.25, -0.2) is 0 Å². The molecule has 2 heterocycles. The van der Waals surface area contributed by atoms with Gasteiger partial charge in [-0.1, -0.05) is 6.42 Å². The van der Waals surface area contributed by atoms with Gasteiger partial charge < -0.3 is 10.0 Å². The average Bonchev–Trinajstić information content (AvgIpc) is 2.46. The van der Waals surface area contributed by atoms with Crippen LogP contribution in [0.25, 0.3) is 0 Å². The van der Waals surface area contributed by atoms with E-state index in [1.165, 1.54) is 6.42 Å². The van der Waals surface area contributed by atoms with Gasteiger partial charge in [0, 0.05) is 25.7 Å². The first-order chi connectivity index (χ1) is 9.13. The van der Waals surface area contributed by atoms with E-state index in [-0.39, 0.29) is 18.6 Å². The second-order valence-electron chi connectivity index (χ2n) is 6.32. The lowest BCUT2D eigenvalue weighted by molar-refractivity contribution is -0.141. The first kappa shape index (κ1) is 14.8. The third-order valence-electron chi connectivity index (χ3n) is 4.58. The fourth-order valence-electron chi connectivity index (χ4n) is 3.46. The highest BCUT2D eigenvalue weighted by atomic mass is 16.3. The molecule has 2 aliphatic heterocycles. The van der Waals surface area contributed by atoms with Crippen molar-refractivity contribution < 1.29 is 9.90 Å². The predicted octanol–water partition coefficient (Wildman–Crippen LogP) is 1.48. The summed E-state index contributed by atoms with van der Waals surface area (Å²) in [5.41, 5.74) is 0. The molecule has 110 valence electrons. The quantitative estimate of drug-likeness (QED) is 0.843. The molecule has 2 aliphatic rings. The van der Waals surface area contributed by atoms with Crippen LogP contribution in [-0.4, -0.2) is 59.1 Å². The third-order valence-corrected chi connectivity index (χ3v) is 4.58. The van der Waals surface area contributed by atoms with E-state index in [1.54, 1.807) is 0 Å². The first-order valence-corrected chi connectivity index (χ1v) is 7.79. The molecule has 2 atom stereocenters. The zero-order chi connectivity index (χ0) is 13.8. The number of aliphatic hydroxyl groups is 1. The molecule has 1 amide bonds. The standard InChI is InChI=1S/C15H28N2O2/c1-12(2)17-9-4-3-7-14(17)15(19)16-8-5-6-13(10-16)11-18/h12-14,18H,3-11H2,1-2H3. The smallest absolute Gasteiger partial charge is 0.239 e. The van der Waals surface area contributed by atoms with Crippen LogP contribution in [0.3, 0.4) is 0 Å². The SMILES string of the molecule is CC(C)N1CCCCC1C(=O)N1CCCC(CO)C1. The molecule has 0 spiro atoms. The minimum Gasteiger partial charge on any atom is -0.396 e. The zero-order valence-corrected chi connectivity index (χ0v) is 12.3. The number of nitrogens with zero attached hydrogens (tertiary/aromatic N) is 2. The van der Waals surface area contributed by atoms with E-state index in [4.69, 9.17) is 0 Å². The van der Waals surface area contributed by atoms with E-state index in [9.17, 15) is 9.90 Å². The van der Waals surface area contributed by atoms with Crippen LogP contribution in [0.5, 0.6) is 0 Å². The number of hydrogen-bond acceptors (Lipinski definition) is 3. The highest BCUT2D eigenvalue weighted by Gasteiger charge is 2.34. The summed E-state index contributed by atoms with van der Waals surface area (Å²) in [6, 6.07) is 0.513.